The summed E-state index contributed by atoms with van der Waals surface area (Å²) >= 11 is 0. The van der Waals surface area contributed by atoms with Crippen LogP contribution in [0.4, 0.5) is 0 Å². The minimum atomic E-state index is -0.467. The van der Waals surface area contributed by atoms with E-state index in [2.05, 4.69) is 6.92 Å². The smallest absolute Gasteiger partial charge is 0.308 e. The molecule has 0 heterocycles. The molecule has 0 bridgehead atoms. The van der Waals surface area contributed by atoms with E-state index < -0.39 is 5.60 Å². The molecule has 0 saturated heterocycles. The third kappa shape index (κ3) is 14.9. The lowest BCUT2D eigenvalue weighted by Gasteiger charge is -2.19. The average Bonchev–Trinajstić information content (AvgIpc) is 2.52. The van der Waals surface area contributed by atoms with Gasteiger partial charge in [0.2, 0.25) is 0 Å². The van der Waals surface area contributed by atoms with Gasteiger partial charge in [0.1, 0.15) is 12.2 Å². The Morgan fingerprint density at radius 2 is 1.52 bits per heavy atom. The topological polar surface area (TPSA) is 71.1 Å². The van der Waals surface area contributed by atoms with Gasteiger partial charge in [0, 0.05) is 0 Å². The van der Waals surface area contributed by atoms with Gasteiger partial charge in [0.05, 0.1) is 38.8 Å². The number of hydrogen-bond acceptors (Lipinski definition) is 6. The fraction of sp³-hybridized carbons (Fsp3) is 0.895. The molecule has 0 N–H and O–H groups in total. The van der Waals surface area contributed by atoms with Crippen LogP contribution in [0.1, 0.15) is 66.7 Å². The molecule has 0 aromatic rings. The van der Waals surface area contributed by atoms with Gasteiger partial charge in [-0.3, -0.25) is 9.59 Å². The van der Waals surface area contributed by atoms with Crippen molar-refractivity contribution in [1.82, 2.24) is 0 Å². The first-order chi connectivity index (χ1) is 11.8. The standard InChI is InChI=1S/C19H36O6/c1-6-8-9-16(7-2)18(21)24-15-14-23-13-12-22-11-10-17(20)25-19(3,4)5/h16H,6-15H2,1-5H3. The van der Waals surface area contributed by atoms with Crippen molar-refractivity contribution in [3.05, 3.63) is 0 Å². The van der Waals surface area contributed by atoms with Crippen molar-refractivity contribution in [3.8, 4) is 0 Å². The monoisotopic (exact) mass is 360 g/mol. The van der Waals surface area contributed by atoms with E-state index in [1.165, 1.54) is 0 Å². The van der Waals surface area contributed by atoms with Gasteiger partial charge in [0.25, 0.3) is 0 Å². The van der Waals surface area contributed by atoms with Crippen LogP contribution in [0.2, 0.25) is 0 Å². The number of esters is 2. The third-order valence-corrected chi connectivity index (χ3v) is 3.45. The number of carbonyl (C=O) groups is 2. The maximum Gasteiger partial charge on any atom is 0.308 e. The second kappa shape index (κ2) is 14.1. The molecule has 25 heavy (non-hydrogen) atoms. The van der Waals surface area contributed by atoms with E-state index in [1.807, 2.05) is 27.7 Å². The van der Waals surface area contributed by atoms with Crippen LogP contribution >= 0.6 is 0 Å². The summed E-state index contributed by atoms with van der Waals surface area (Å²) in [5, 5.41) is 0. The van der Waals surface area contributed by atoms with E-state index in [9.17, 15) is 9.59 Å². The Labute approximate surface area is 152 Å². The molecule has 0 aliphatic carbocycles. The van der Waals surface area contributed by atoms with E-state index in [0.717, 1.165) is 25.7 Å². The summed E-state index contributed by atoms with van der Waals surface area (Å²) in [6.45, 7) is 11.3. The zero-order valence-corrected chi connectivity index (χ0v) is 16.6. The molecule has 0 aliphatic heterocycles. The number of ether oxygens (including phenoxy) is 4. The van der Waals surface area contributed by atoms with Crippen LogP contribution in [-0.4, -0.2) is 50.6 Å². The van der Waals surface area contributed by atoms with Crippen LogP contribution in [-0.2, 0) is 28.5 Å². The lowest BCUT2D eigenvalue weighted by molar-refractivity contribution is -0.156. The Balaban J connectivity index is 3.52. The number of rotatable bonds is 14. The van der Waals surface area contributed by atoms with E-state index in [-0.39, 0.29) is 30.9 Å². The van der Waals surface area contributed by atoms with Crippen molar-refractivity contribution >= 4 is 11.9 Å². The first-order valence-electron chi connectivity index (χ1n) is 9.34. The third-order valence-electron chi connectivity index (χ3n) is 3.45. The number of carbonyl (C=O) groups excluding carboxylic acids is 2. The predicted molar refractivity (Wildman–Crippen MR) is 96.4 cm³/mol. The van der Waals surface area contributed by atoms with Crippen molar-refractivity contribution in [3.63, 3.8) is 0 Å². The van der Waals surface area contributed by atoms with Gasteiger partial charge in [-0.2, -0.15) is 0 Å². The molecule has 0 amide bonds. The summed E-state index contributed by atoms with van der Waals surface area (Å²) in [4.78, 5) is 23.3. The summed E-state index contributed by atoms with van der Waals surface area (Å²) in [6.07, 6.45) is 4.06. The zero-order chi connectivity index (χ0) is 19.1. The molecule has 148 valence electrons. The van der Waals surface area contributed by atoms with E-state index in [1.54, 1.807) is 0 Å². The van der Waals surface area contributed by atoms with E-state index in [4.69, 9.17) is 18.9 Å². The SMILES string of the molecule is CCCCC(CC)C(=O)OCCOCCOCCC(=O)OC(C)(C)C. The van der Waals surface area contributed by atoms with Crippen molar-refractivity contribution in [2.75, 3.05) is 33.0 Å². The summed E-state index contributed by atoms with van der Waals surface area (Å²) in [5.74, 6) is -0.404. The van der Waals surface area contributed by atoms with E-state index >= 15 is 0 Å². The van der Waals surface area contributed by atoms with Gasteiger partial charge in [0.15, 0.2) is 0 Å². The molecular formula is C19H36O6. The largest absolute Gasteiger partial charge is 0.463 e. The van der Waals surface area contributed by atoms with Gasteiger partial charge in [-0.1, -0.05) is 26.7 Å². The van der Waals surface area contributed by atoms with Crippen LogP contribution in [0.25, 0.3) is 0 Å². The molecule has 0 saturated carbocycles. The molecule has 0 aromatic heterocycles. The fourth-order valence-corrected chi connectivity index (χ4v) is 2.13. The van der Waals surface area contributed by atoms with Crippen LogP contribution < -0.4 is 0 Å². The predicted octanol–water partition coefficient (Wildman–Crippen LogP) is 3.51. The average molecular weight is 360 g/mol. The van der Waals surface area contributed by atoms with Crippen molar-refractivity contribution in [2.45, 2.75) is 72.3 Å². The summed E-state index contributed by atoms with van der Waals surface area (Å²) in [6, 6.07) is 0. The lowest BCUT2D eigenvalue weighted by Crippen LogP contribution is -2.24. The molecule has 1 unspecified atom stereocenters. The fourth-order valence-electron chi connectivity index (χ4n) is 2.13. The summed E-state index contributed by atoms with van der Waals surface area (Å²) in [7, 11) is 0. The van der Waals surface area contributed by atoms with Crippen LogP contribution in [0.15, 0.2) is 0 Å². The number of unbranched alkanes of at least 4 members (excludes halogenated alkanes) is 1. The molecule has 0 spiro atoms. The van der Waals surface area contributed by atoms with Gasteiger partial charge in [-0.15, -0.1) is 0 Å². The second-order valence-electron chi connectivity index (χ2n) is 6.98. The second-order valence-corrected chi connectivity index (χ2v) is 6.98. The number of hydrogen-bond donors (Lipinski definition) is 0. The van der Waals surface area contributed by atoms with Crippen molar-refractivity contribution in [1.29, 1.82) is 0 Å². The summed E-state index contributed by atoms with van der Waals surface area (Å²) < 4.78 is 21.1. The maximum absolute atomic E-state index is 11.9. The van der Waals surface area contributed by atoms with Crippen LogP contribution in [0.3, 0.4) is 0 Å². The van der Waals surface area contributed by atoms with E-state index in [0.29, 0.717) is 26.4 Å². The first-order valence-corrected chi connectivity index (χ1v) is 9.34. The summed E-state index contributed by atoms with van der Waals surface area (Å²) in [5.41, 5.74) is -0.467. The molecule has 0 aliphatic rings. The van der Waals surface area contributed by atoms with Gasteiger partial charge in [-0.05, 0) is 33.6 Å². The molecular weight excluding hydrogens is 324 g/mol. The normalized spacial score (nSPS) is 12.7. The molecule has 6 nitrogen and oxygen atoms in total. The highest BCUT2D eigenvalue weighted by molar-refractivity contribution is 5.72. The molecule has 0 radical (unpaired) electrons. The zero-order valence-electron chi connectivity index (χ0n) is 16.6. The van der Waals surface area contributed by atoms with Crippen LogP contribution in [0, 0.1) is 5.92 Å². The van der Waals surface area contributed by atoms with Gasteiger partial charge < -0.3 is 18.9 Å². The highest BCUT2D eigenvalue weighted by atomic mass is 16.6. The molecule has 0 fully saturated rings. The maximum atomic E-state index is 11.9. The molecule has 1 atom stereocenters. The Hall–Kier alpha value is -1.14. The first kappa shape index (κ1) is 23.9. The van der Waals surface area contributed by atoms with Crippen LogP contribution in [0.5, 0.6) is 0 Å². The molecule has 0 rings (SSSR count). The molecule has 0 aromatic carbocycles. The van der Waals surface area contributed by atoms with Crippen molar-refractivity contribution < 1.29 is 28.5 Å². The Morgan fingerprint density at radius 1 is 0.920 bits per heavy atom. The minimum Gasteiger partial charge on any atom is -0.463 e. The Bertz CT molecular complexity index is 361. The van der Waals surface area contributed by atoms with Gasteiger partial charge >= 0.3 is 11.9 Å². The van der Waals surface area contributed by atoms with Gasteiger partial charge in [-0.25, -0.2) is 0 Å². The molecule has 6 heteroatoms. The highest BCUT2D eigenvalue weighted by Crippen LogP contribution is 2.14. The highest BCUT2D eigenvalue weighted by Gasteiger charge is 2.17. The minimum absolute atomic E-state index is 0.00358. The quantitative estimate of drug-likeness (QED) is 0.349. The Kier molecular flexibility index (Phi) is 13.4. The lowest BCUT2D eigenvalue weighted by atomic mass is 10.00. The van der Waals surface area contributed by atoms with Crippen molar-refractivity contribution in [2.24, 2.45) is 5.92 Å². The Morgan fingerprint density at radius 3 is 2.08 bits per heavy atom.